The molecule has 1 fully saturated rings. The van der Waals surface area contributed by atoms with Gasteiger partial charge in [-0.15, -0.1) is 0 Å². The largest absolute Gasteiger partial charge is 0.347 e. The summed E-state index contributed by atoms with van der Waals surface area (Å²) in [5.41, 5.74) is 8.96. The molecule has 1 amide bonds. The van der Waals surface area contributed by atoms with Gasteiger partial charge >= 0.3 is 0 Å². The number of aromatic amines is 1. The van der Waals surface area contributed by atoms with Crippen LogP contribution < -0.4 is 16.2 Å². The Kier molecular flexibility index (Phi) is 3.94. The number of H-pyrrole nitrogens is 1. The highest BCUT2D eigenvalue weighted by molar-refractivity contribution is 5.82. The van der Waals surface area contributed by atoms with Crippen LogP contribution in [0.1, 0.15) is 24.0 Å². The number of amides is 1. The summed E-state index contributed by atoms with van der Waals surface area (Å²) in [7, 11) is 0. The molecule has 4 rings (SSSR count). The van der Waals surface area contributed by atoms with E-state index < -0.39 is 0 Å². The molecule has 1 aliphatic heterocycles. The van der Waals surface area contributed by atoms with Crippen molar-refractivity contribution >= 4 is 16.9 Å². The summed E-state index contributed by atoms with van der Waals surface area (Å²) in [4.78, 5) is 24.3. The molecule has 4 N–H and O–H groups in total. The van der Waals surface area contributed by atoms with E-state index in [4.69, 9.17) is 0 Å². The standard InChI is InChI=1S/C17H18N6O/c24-17(15-9-14(22-23-15)11-5-3-4-8-18-11)19-10-16-20-12-6-1-2-7-13(12)21-16/h1-8,14-15,22-23H,9-10H2,(H,19,24)(H,20,21). The van der Waals surface area contributed by atoms with Crippen LogP contribution in [0, 0.1) is 0 Å². The Morgan fingerprint density at radius 2 is 2.04 bits per heavy atom. The molecule has 0 radical (unpaired) electrons. The lowest BCUT2D eigenvalue weighted by atomic mass is 10.1. The first-order valence-corrected chi connectivity index (χ1v) is 7.93. The topological polar surface area (TPSA) is 94.7 Å². The highest BCUT2D eigenvalue weighted by Gasteiger charge is 2.30. The monoisotopic (exact) mass is 322 g/mol. The second-order valence-corrected chi connectivity index (χ2v) is 5.80. The number of nitrogens with zero attached hydrogens (tertiary/aromatic N) is 2. The van der Waals surface area contributed by atoms with Gasteiger partial charge in [-0.1, -0.05) is 18.2 Å². The molecule has 0 bridgehead atoms. The first-order chi connectivity index (χ1) is 11.8. The smallest absolute Gasteiger partial charge is 0.238 e. The number of rotatable bonds is 4. The van der Waals surface area contributed by atoms with Gasteiger partial charge in [-0.25, -0.2) is 15.8 Å². The highest BCUT2D eigenvalue weighted by Crippen LogP contribution is 2.20. The number of aromatic nitrogens is 3. The number of benzene rings is 1. The second kappa shape index (κ2) is 6.38. The number of hydrogen-bond acceptors (Lipinski definition) is 5. The molecule has 24 heavy (non-hydrogen) atoms. The third-order valence-electron chi connectivity index (χ3n) is 4.13. The third-order valence-corrected chi connectivity index (χ3v) is 4.13. The van der Waals surface area contributed by atoms with Crippen molar-refractivity contribution in [1.82, 2.24) is 31.1 Å². The van der Waals surface area contributed by atoms with Gasteiger partial charge < -0.3 is 10.3 Å². The Hall–Kier alpha value is -2.77. The van der Waals surface area contributed by atoms with Gasteiger partial charge in [0.2, 0.25) is 5.91 Å². The Balaban J connectivity index is 1.35. The van der Waals surface area contributed by atoms with E-state index in [1.54, 1.807) is 6.20 Å². The van der Waals surface area contributed by atoms with Crippen LogP contribution in [0.25, 0.3) is 11.0 Å². The van der Waals surface area contributed by atoms with Gasteiger partial charge in [-0.05, 0) is 30.7 Å². The van der Waals surface area contributed by atoms with Gasteiger partial charge in [0, 0.05) is 6.20 Å². The van der Waals surface area contributed by atoms with E-state index in [0.29, 0.717) is 13.0 Å². The van der Waals surface area contributed by atoms with Crippen molar-refractivity contribution in [2.24, 2.45) is 0 Å². The van der Waals surface area contributed by atoms with Crippen molar-refractivity contribution in [3.63, 3.8) is 0 Å². The van der Waals surface area contributed by atoms with Crippen LogP contribution >= 0.6 is 0 Å². The highest BCUT2D eigenvalue weighted by atomic mass is 16.2. The number of carbonyl (C=O) groups excluding carboxylic acids is 1. The average Bonchev–Trinajstić information content (AvgIpc) is 3.27. The summed E-state index contributed by atoms with van der Waals surface area (Å²) in [5, 5.41) is 2.92. The number of pyridine rings is 1. The maximum atomic E-state index is 12.3. The van der Waals surface area contributed by atoms with Crippen LogP contribution in [0.15, 0.2) is 48.7 Å². The van der Waals surface area contributed by atoms with Crippen LogP contribution in [0.2, 0.25) is 0 Å². The molecule has 0 spiro atoms. The van der Waals surface area contributed by atoms with Crippen LogP contribution in [-0.2, 0) is 11.3 Å². The zero-order valence-corrected chi connectivity index (χ0v) is 13.0. The molecule has 7 heteroatoms. The molecule has 7 nitrogen and oxygen atoms in total. The van der Waals surface area contributed by atoms with Gasteiger partial charge in [-0.2, -0.15) is 0 Å². The van der Waals surface area contributed by atoms with Gasteiger partial charge in [-0.3, -0.25) is 9.78 Å². The van der Waals surface area contributed by atoms with Gasteiger partial charge in [0.25, 0.3) is 0 Å². The average molecular weight is 322 g/mol. The fourth-order valence-electron chi connectivity index (χ4n) is 2.89. The third kappa shape index (κ3) is 2.99. The molecule has 122 valence electrons. The zero-order chi connectivity index (χ0) is 16.4. The van der Waals surface area contributed by atoms with E-state index >= 15 is 0 Å². The molecular formula is C17H18N6O. The molecule has 2 unspecified atom stereocenters. The quantitative estimate of drug-likeness (QED) is 0.579. The van der Waals surface area contributed by atoms with E-state index in [9.17, 15) is 4.79 Å². The van der Waals surface area contributed by atoms with E-state index in [-0.39, 0.29) is 18.0 Å². The summed E-state index contributed by atoms with van der Waals surface area (Å²) >= 11 is 0. The molecule has 3 heterocycles. The number of para-hydroxylation sites is 2. The minimum Gasteiger partial charge on any atom is -0.347 e. The first kappa shape index (κ1) is 14.8. The van der Waals surface area contributed by atoms with Crippen molar-refractivity contribution in [3.05, 3.63) is 60.2 Å². The molecule has 3 aromatic rings. The fraction of sp³-hybridized carbons (Fsp3) is 0.235. The number of hydrazine groups is 1. The molecule has 0 aliphatic carbocycles. The molecule has 2 atom stereocenters. The predicted octanol–water partition coefficient (Wildman–Crippen LogP) is 1.18. The zero-order valence-electron chi connectivity index (χ0n) is 13.0. The Bertz CT molecular complexity index is 813. The summed E-state index contributed by atoms with van der Waals surface area (Å²) in [6.07, 6.45) is 2.41. The number of nitrogens with one attached hydrogen (secondary N) is 4. The molecule has 0 saturated carbocycles. The van der Waals surface area contributed by atoms with Crippen LogP contribution in [0.3, 0.4) is 0 Å². The number of carbonyl (C=O) groups is 1. The Morgan fingerprint density at radius 3 is 2.88 bits per heavy atom. The predicted molar refractivity (Wildman–Crippen MR) is 89.6 cm³/mol. The van der Waals surface area contributed by atoms with E-state index in [2.05, 4.69) is 31.1 Å². The number of hydrogen-bond donors (Lipinski definition) is 4. The summed E-state index contributed by atoms with van der Waals surface area (Å²) in [6, 6.07) is 13.3. The van der Waals surface area contributed by atoms with Crippen LogP contribution in [0.4, 0.5) is 0 Å². The van der Waals surface area contributed by atoms with Crippen molar-refractivity contribution in [1.29, 1.82) is 0 Å². The molecule has 2 aromatic heterocycles. The SMILES string of the molecule is O=C(NCc1nc2ccccc2[nH]1)C1CC(c2ccccn2)NN1. The van der Waals surface area contributed by atoms with Crippen LogP contribution in [0.5, 0.6) is 0 Å². The fourth-order valence-corrected chi connectivity index (χ4v) is 2.89. The van der Waals surface area contributed by atoms with E-state index in [0.717, 1.165) is 22.6 Å². The lowest BCUT2D eigenvalue weighted by Crippen LogP contribution is -2.43. The molecule has 1 aromatic carbocycles. The van der Waals surface area contributed by atoms with Crippen molar-refractivity contribution in [3.8, 4) is 0 Å². The normalized spacial score (nSPS) is 20.3. The van der Waals surface area contributed by atoms with E-state index in [1.807, 2.05) is 42.5 Å². The van der Waals surface area contributed by atoms with Gasteiger partial charge in [0.05, 0.1) is 29.3 Å². The van der Waals surface area contributed by atoms with Gasteiger partial charge in [0.15, 0.2) is 0 Å². The maximum Gasteiger partial charge on any atom is 0.238 e. The lowest BCUT2D eigenvalue weighted by Gasteiger charge is -2.09. The second-order valence-electron chi connectivity index (χ2n) is 5.80. The van der Waals surface area contributed by atoms with Crippen molar-refractivity contribution in [2.45, 2.75) is 25.0 Å². The van der Waals surface area contributed by atoms with Gasteiger partial charge in [0.1, 0.15) is 11.9 Å². The number of fused-ring (bicyclic) bond motifs is 1. The molecule has 1 saturated heterocycles. The first-order valence-electron chi connectivity index (χ1n) is 7.93. The van der Waals surface area contributed by atoms with Crippen molar-refractivity contribution in [2.75, 3.05) is 0 Å². The van der Waals surface area contributed by atoms with Crippen LogP contribution in [-0.4, -0.2) is 26.9 Å². The number of imidazole rings is 1. The van der Waals surface area contributed by atoms with E-state index in [1.165, 1.54) is 0 Å². The summed E-state index contributed by atoms with van der Waals surface area (Å²) in [5.74, 6) is 0.693. The minimum absolute atomic E-state index is 0.0353. The summed E-state index contributed by atoms with van der Waals surface area (Å²) in [6.45, 7) is 0.375. The maximum absolute atomic E-state index is 12.3. The van der Waals surface area contributed by atoms with Crippen molar-refractivity contribution < 1.29 is 4.79 Å². The minimum atomic E-state index is -0.290. The summed E-state index contributed by atoms with van der Waals surface area (Å²) < 4.78 is 0. The molecular weight excluding hydrogens is 304 g/mol. The Labute approximate surface area is 138 Å². The lowest BCUT2D eigenvalue weighted by molar-refractivity contribution is -0.123. The Morgan fingerprint density at radius 1 is 1.17 bits per heavy atom. The molecule has 1 aliphatic rings.